The molecule has 2 aromatic rings. The minimum atomic E-state index is -0.223. The maximum atomic E-state index is 13.4. The molecule has 0 aliphatic heterocycles. The Morgan fingerprint density at radius 1 is 1.25 bits per heavy atom. The smallest absolute Gasteiger partial charge is 0.123 e. The van der Waals surface area contributed by atoms with Crippen molar-refractivity contribution in [3.05, 3.63) is 58.9 Å². The molecule has 106 valence electrons. The molecule has 0 aliphatic carbocycles. The fourth-order valence-corrected chi connectivity index (χ4v) is 3.14. The largest absolute Gasteiger partial charge is 0.327 e. The minimum Gasteiger partial charge on any atom is -0.327 e. The van der Waals surface area contributed by atoms with Crippen molar-refractivity contribution in [2.24, 2.45) is 5.73 Å². The number of benzene rings is 2. The van der Waals surface area contributed by atoms with Crippen molar-refractivity contribution >= 4 is 23.4 Å². The van der Waals surface area contributed by atoms with Gasteiger partial charge in [0.15, 0.2) is 0 Å². The summed E-state index contributed by atoms with van der Waals surface area (Å²) in [6.45, 7) is 2.04. The molecule has 0 aliphatic rings. The molecule has 0 amide bonds. The van der Waals surface area contributed by atoms with Crippen LogP contribution in [0.25, 0.3) is 0 Å². The van der Waals surface area contributed by atoms with Gasteiger partial charge in [0.25, 0.3) is 0 Å². The van der Waals surface area contributed by atoms with E-state index >= 15 is 0 Å². The summed E-state index contributed by atoms with van der Waals surface area (Å²) < 4.78 is 13.4. The number of halogens is 2. The molecule has 1 atom stereocenters. The molecular weight excluding hydrogens is 293 g/mol. The molecule has 2 rings (SSSR count). The molecule has 0 spiro atoms. The van der Waals surface area contributed by atoms with Gasteiger partial charge in [-0.3, -0.25) is 0 Å². The first-order valence-electron chi connectivity index (χ1n) is 6.56. The van der Waals surface area contributed by atoms with Crippen LogP contribution in [0.4, 0.5) is 4.39 Å². The van der Waals surface area contributed by atoms with Gasteiger partial charge in [-0.2, -0.15) is 0 Å². The summed E-state index contributed by atoms with van der Waals surface area (Å²) in [5.74, 6) is -0.223. The van der Waals surface area contributed by atoms with E-state index < -0.39 is 0 Å². The molecule has 2 N–H and O–H groups in total. The molecule has 20 heavy (non-hydrogen) atoms. The first-order chi connectivity index (χ1) is 9.58. The summed E-state index contributed by atoms with van der Waals surface area (Å²) in [5, 5.41) is 0.698. The fourth-order valence-electron chi connectivity index (χ4n) is 1.89. The van der Waals surface area contributed by atoms with Crippen molar-refractivity contribution in [3.8, 4) is 0 Å². The van der Waals surface area contributed by atoms with Crippen molar-refractivity contribution in [3.63, 3.8) is 0 Å². The van der Waals surface area contributed by atoms with E-state index in [1.54, 1.807) is 23.9 Å². The zero-order valence-electron chi connectivity index (χ0n) is 11.3. The van der Waals surface area contributed by atoms with E-state index in [0.717, 1.165) is 21.8 Å². The molecule has 4 heteroatoms. The molecule has 0 bridgehead atoms. The van der Waals surface area contributed by atoms with Gasteiger partial charge >= 0.3 is 0 Å². The Bertz CT molecular complexity index is 588. The van der Waals surface area contributed by atoms with E-state index in [4.69, 9.17) is 17.3 Å². The van der Waals surface area contributed by atoms with Crippen LogP contribution < -0.4 is 5.73 Å². The molecule has 0 heterocycles. The number of hydrogen-bond acceptors (Lipinski definition) is 2. The average molecular weight is 310 g/mol. The van der Waals surface area contributed by atoms with Crippen LogP contribution >= 0.6 is 23.4 Å². The van der Waals surface area contributed by atoms with Crippen molar-refractivity contribution < 1.29 is 4.39 Å². The van der Waals surface area contributed by atoms with Crippen LogP contribution in [0.2, 0.25) is 5.02 Å². The lowest BCUT2D eigenvalue weighted by atomic mass is 10.0. The molecule has 0 saturated heterocycles. The summed E-state index contributed by atoms with van der Waals surface area (Å²) in [6.07, 6.45) is 1.55. The highest BCUT2D eigenvalue weighted by Crippen LogP contribution is 2.32. The lowest BCUT2D eigenvalue weighted by Crippen LogP contribution is -2.21. The van der Waals surface area contributed by atoms with Crippen LogP contribution in [0, 0.1) is 5.82 Å². The Hall–Kier alpha value is -1.03. The van der Waals surface area contributed by atoms with Crippen LogP contribution in [-0.2, 0) is 6.42 Å². The SMILES string of the molecule is CCC(N)Cc1cc(F)ccc1Sc1cccc(Cl)c1. The standard InChI is InChI=1S/C16H17ClFNS/c1-2-14(19)9-11-8-13(18)6-7-16(11)20-15-5-3-4-12(17)10-15/h3-8,10,14H,2,9,19H2,1H3. The zero-order valence-corrected chi connectivity index (χ0v) is 12.8. The van der Waals surface area contributed by atoms with E-state index in [0.29, 0.717) is 11.4 Å². The average Bonchev–Trinajstić information content (AvgIpc) is 2.42. The maximum Gasteiger partial charge on any atom is 0.123 e. The van der Waals surface area contributed by atoms with Gasteiger partial charge in [0.05, 0.1) is 0 Å². The second-order valence-corrected chi connectivity index (χ2v) is 6.24. The Labute approximate surface area is 128 Å². The van der Waals surface area contributed by atoms with Crippen LogP contribution in [0.5, 0.6) is 0 Å². The van der Waals surface area contributed by atoms with Crippen molar-refractivity contribution in [2.75, 3.05) is 0 Å². The van der Waals surface area contributed by atoms with Crippen LogP contribution in [-0.4, -0.2) is 6.04 Å². The third-order valence-electron chi connectivity index (χ3n) is 3.05. The number of nitrogens with two attached hydrogens (primary N) is 1. The molecule has 0 fully saturated rings. The minimum absolute atomic E-state index is 0.0514. The first kappa shape index (κ1) is 15.4. The molecule has 0 saturated carbocycles. The second-order valence-electron chi connectivity index (χ2n) is 4.68. The van der Waals surface area contributed by atoms with Gasteiger partial charge < -0.3 is 5.73 Å². The Morgan fingerprint density at radius 2 is 2.05 bits per heavy atom. The molecule has 1 unspecified atom stereocenters. The monoisotopic (exact) mass is 309 g/mol. The van der Waals surface area contributed by atoms with E-state index in [1.807, 2.05) is 31.2 Å². The first-order valence-corrected chi connectivity index (χ1v) is 7.75. The molecular formula is C16H17ClFNS. The van der Waals surface area contributed by atoms with Gasteiger partial charge in [-0.1, -0.05) is 36.4 Å². The molecule has 1 nitrogen and oxygen atoms in total. The predicted octanol–water partition coefficient (Wildman–Crippen LogP) is 4.91. The molecule has 0 aromatic heterocycles. The van der Waals surface area contributed by atoms with Gasteiger partial charge in [0.2, 0.25) is 0 Å². The topological polar surface area (TPSA) is 26.0 Å². The highest BCUT2D eigenvalue weighted by Gasteiger charge is 2.10. The highest BCUT2D eigenvalue weighted by molar-refractivity contribution is 7.99. The van der Waals surface area contributed by atoms with Crippen LogP contribution in [0.3, 0.4) is 0 Å². The lowest BCUT2D eigenvalue weighted by molar-refractivity contribution is 0.610. The van der Waals surface area contributed by atoms with Gasteiger partial charge in [-0.25, -0.2) is 4.39 Å². The van der Waals surface area contributed by atoms with Crippen molar-refractivity contribution in [1.29, 1.82) is 0 Å². The van der Waals surface area contributed by atoms with Crippen LogP contribution in [0.1, 0.15) is 18.9 Å². The summed E-state index contributed by atoms with van der Waals surface area (Å²) in [7, 11) is 0. The van der Waals surface area contributed by atoms with Gasteiger partial charge in [-0.15, -0.1) is 0 Å². The predicted molar refractivity (Wildman–Crippen MR) is 83.9 cm³/mol. The Morgan fingerprint density at radius 3 is 2.75 bits per heavy atom. The lowest BCUT2D eigenvalue weighted by Gasteiger charge is -2.13. The summed E-state index contributed by atoms with van der Waals surface area (Å²) in [5.41, 5.74) is 6.94. The zero-order chi connectivity index (χ0) is 14.5. The quantitative estimate of drug-likeness (QED) is 0.849. The Balaban J connectivity index is 2.26. The second kappa shape index (κ2) is 7.11. The third kappa shape index (κ3) is 4.23. The number of hydrogen-bond donors (Lipinski definition) is 1. The van der Waals surface area contributed by atoms with Gasteiger partial charge in [-0.05, 0) is 54.8 Å². The van der Waals surface area contributed by atoms with Gasteiger partial charge in [0, 0.05) is 20.9 Å². The van der Waals surface area contributed by atoms with E-state index in [2.05, 4.69) is 0 Å². The summed E-state index contributed by atoms with van der Waals surface area (Å²) in [6, 6.07) is 12.5. The van der Waals surface area contributed by atoms with E-state index in [9.17, 15) is 4.39 Å². The van der Waals surface area contributed by atoms with E-state index in [1.165, 1.54) is 6.07 Å². The Kier molecular flexibility index (Phi) is 5.46. The molecule has 0 radical (unpaired) electrons. The van der Waals surface area contributed by atoms with E-state index in [-0.39, 0.29) is 11.9 Å². The molecule has 2 aromatic carbocycles. The highest BCUT2D eigenvalue weighted by atomic mass is 35.5. The van der Waals surface area contributed by atoms with Gasteiger partial charge in [0.1, 0.15) is 5.82 Å². The number of rotatable bonds is 5. The van der Waals surface area contributed by atoms with Crippen LogP contribution in [0.15, 0.2) is 52.3 Å². The summed E-state index contributed by atoms with van der Waals surface area (Å²) in [4.78, 5) is 2.06. The fraction of sp³-hybridized carbons (Fsp3) is 0.250. The third-order valence-corrected chi connectivity index (χ3v) is 4.40. The van der Waals surface area contributed by atoms with Crippen molar-refractivity contribution in [2.45, 2.75) is 35.6 Å². The summed E-state index contributed by atoms with van der Waals surface area (Å²) >= 11 is 7.57. The maximum absolute atomic E-state index is 13.4. The normalized spacial score (nSPS) is 12.4. The van der Waals surface area contributed by atoms with Crippen molar-refractivity contribution in [1.82, 2.24) is 0 Å².